The fourth-order valence-electron chi connectivity index (χ4n) is 2.70. The van der Waals surface area contributed by atoms with E-state index in [1.165, 1.54) is 25.3 Å². The first-order chi connectivity index (χ1) is 14.3. The zero-order valence-corrected chi connectivity index (χ0v) is 17.1. The van der Waals surface area contributed by atoms with E-state index in [4.69, 9.17) is 21.1 Å². The predicted molar refractivity (Wildman–Crippen MR) is 111 cm³/mol. The van der Waals surface area contributed by atoms with Gasteiger partial charge < -0.3 is 14.6 Å². The number of carbonyl (C=O) groups is 2. The van der Waals surface area contributed by atoms with Gasteiger partial charge in [0.25, 0.3) is 11.1 Å². The quantitative estimate of drug-likeness (QED) is 0.380. The second-order valence-electron chi connectivity index (χ2n) is 5.95. The molecule has 0 aliphatic carbocycles. The van der Waals surface area contributed by atoms with E-state index in [-0.39, 0.29) is 29.4 Å². The number of ether oxygens (including phenoxy) is 2. The normalized spacial score (nSPS) is 15.0. The molecule has 1 aliphatic heterocycles. The number of nitro benzene ring substituents is 1. The molecule has 0 bridgehead atoms. The van der Waals surface area contributed by atoms with Gasteiger partial charge in [-0.15, -0.1) is 0 Å². The maximum absolute atomic E-state index is 12.6. The van der Waals surface area contributed by atoms with Crippen LogP contribution in [0, 0.1) is 10.1 Å². The molecule has 0 saturated carbocycles. The molecule has 0 radical (unpaired) electrons. The molecule has 2 aromatic rings. The minimum atomic E-state index is -0.728. The molecule has 1 fully saturated rings. The van der Waals surface area contributed by atoms with E-state index in [9.17, 15) is 24.8 Å². The summed E-state index contributed by atoms with van der Waals surface area (Å²) in [5.74, 6) is -0.794. The van der Waals surface area contributed by atoms with Crippen molar-refractivity contribution in [2.45, 2.75) is 0 Å². The van der Waals surface area contributed by atoms with Gasteiger partial charge in [-0.05, 0) is 54.2 Å². The van der Waals surface area contributed by atoms with Gasteiger partial charge in [0.1, 0.15) is 12.4 Å². The van der Waals surface area contributed by atoms with E-state index in [0.29, 0.717) is 22.5 Å². The van der Waals surface area contributed by atoms with E-state index in [1.807, 2.05) is 0 Å². The molecule has 0 unspecified atom stereocenters. The number of thioether (sulfide) groups is 1. The van der Waals surface area contributed by atoms with Crippen LogP contribution in [-0.4, -0.2) is 46.3 Å². The predicted octanol–water partition coefficient (Wildman–Crippen LogP) is 4.08. The summed E-state index contributed by atoms with van der Waals surface area (Å²) >= 11 is 6.46. The highest BCUT2D eigenvalue weighted by molar-refractivity contribution is 8.18. The van der Waals surface area contributed by atoms with E-state index in [2.05, 4.69) is 0 Å². The SMILES string of the molecule is COc1c(O)ccc(/C=C2\SC(=O)N(CCOc3ccc(Cl)cc3)C2=O)c1[N+](=O)[O-]. The fourth-order valence-corrected chi connectivity index (χ4v) is 3.68. The van der Waals surface area contributed by atoms with Gasteiger partial charge in [-0.2, -0.15) is 0 Å². The molecule has 2 amide bonds. The topological polar surface area (TPSA) is 119 Å². The minimum absolute atomic E-state index is 0.00558. The number of amides is 2. The van der Waals surface area contributed by atoms with Crippen LogP contribution < -0.4 is 9.47 Å². The number of halogens is 1. The molecule has 156 valence electrons. The highest BCUT2D eigenvalue weighted by Crippen LogP contribution is 2.41. The lowest BCUT2D eigenvalue weighted by Gasteiger charge is -2.13. The Hall–Kier alpha value is -3.24. The van der Waals surface area contributed by atoms with Crippen molar-refractivity contribution >= 4 is 46.3 Å². The van der Waals surface area contributed by atoms with Crippen molar-refractivity contribution in [3.05, 3.63) is 62.0 Å². The third kappa shape index (κ3) is 4.50. The summed E-state index contributed by atoms with van der Waals surface area (Å²) in [6.45, 7) is 0.0752. The Morgan fingerprint density at radius 3 is 2.57 bits per heavy atom. The highest BCUT2D eigenvalue weighted by atomic mass is 35.5. The molecule has 0 atom stereocenters. The highest BCUT2D eigenvalue weighted by Gasteiger charge is 2.36. The zero-order chi connectivity index (χ0) is 21.8. The largest absolute Gasteiger partial charge is 0.504 e. The fraction of sp³-hybridized carbons (Fsp3) is 0.158. The Bertz CT molecular complexity index is 1040. The third-order valence-electron chi connectivity index (χ3n) is 4.09. The monoisotopic (exact) mass is 450 g/mol. The number of hydrogen-bond acceptors (Lipinski definition) is 8. The average Bonchev–Trinajstić information content (AvgIpc) is 2.97. The first-order valence-electron chi connectivity index (χ1n) is 8.50. The van der Waals surface area contributed by atoms with Gasteiger partial charge in [0.2, 0.25) is 5.75 Å². The summed E-state index contributed by atoms with van der Waals surface area (Å²) in [5.41, 5.74) is -0.479. The number of nitro groups is 1. The molecule has 9 nitrogen and oxygen atoms in total. The lowest BCUT2D eigenvalue weighted by atomic mass is 10.1. The van der Waals surface area contributed by atoms with Gasteiger partial charge >= 0.3 is 5.69 Å². The Balaban J connectivity index is 1.76. The van der Waals surface area contributed by atoms with Gasteiger partial charge in [0.15, 0.2) is 5.75 Å². The number of nitrogens with zero attached hydrogens (tertiary/aromatic N) is 2. The van der Waals surface area contributed by atoms with E-state index in [0.717, 1.165) is 4.90 Å². The molecule has 1 heterocycles. The Labute approximate surface area is 180 Å². The molecule has 0 spiro atoms. The summed E-state index contributed by atoms with van der Waals surface area (Å²) < 4.78 is 10.4. The summed E-state index contributed by atoms with van der Waals surface area (Å²) in [5, 5.41) is 21.2. The van der Waals surface area contributed by atoms with Crippen LogP contribution in [-0.2, 0) is 4.79 Å². The smallest absolute Gasteiger partial charge is 0.322 e. The number of hydrogen-bond donors (Lipinski definition) is 1. The number of aromatic hydroxyl groups is 1. The Morgan fingerprint density at radius 2 is 1.93 bits per heavy atom. The molecular weight excluding hydrogens is 436 g/mol. The molecule has 30 heavy (non-hydrogen) atoms. The summed E-state index contributed by atoms with van der Waals surface area (Å²) in [6.07, 6.45) is 1.23. The number of imide groups is 1. The average molecular weight is 451 g/mol. The first kappa shape index (κ1) is 21.5. The van der Waals surface area contributed by atoms with E-state index >= 15 is 0 Å². The number of methoxy groups -OCH3 is 1. The van der Waals surface area contributed by atoms with Crippen molar-refractivity contribution in [2.75, 3.05) is 20.3 Å². The zero-order valence-electron chi connectivity index (χ0n) is 15.5. The number of phenols is 1. The molecular formula is C19H15ClN2O7S. The maximum Gasteiger partial charge on any atom is 0.322 e. The van der Waals surface area contributed by atoms with E-state index in [1.54, 1.807) is 24.3 Å². The van der Waals surface area contributed by atoms with Gasteiger partial charge in [-0.25, -0.2) is 0 Å². The molecule has 1 N–H and O–H groups in total. The lowest BCUT2D eigenvalue weighted by Crippen LogP contribution is -2.32. The van der Waals surface area contributed by atoms with Gasteiger partial charge in [-0.3, -0.25) is 24.6 Å². The maximum atomic E-state index is 12.6. The molecule has 1 aliphatic rings. The van der Waals surface area contributed by atoms with Crippen molar-refractivity contribution in [3.63, 3.8) is 0 Å². The van der Waals surface area contributed by atoms with Crippen molar-refractivity contribution < 1.29 is 29.1 Å². The standard InChI is InChI=1S/C19H15ClN2O7S/c1-28-17-14(23)7-2-11(16(17)22(26)27)10-15-18(24)21(19(25)30-15)8-9-29-13-5-3-12(20)4-6-13/h2-7,10,23H,8-9H2,1H3/b15-10-. The minimum Gasteiger partial charge on any atom is -0.504 e. The van der Waals surface area contributed by atoms with Crippen molar-refractivity contribution in [2.24, 2.45) is 0 Å². The third-order valence-corrected chi connectivity index (χ3v) is 5.25. The van der Waals surface area contributed by atoms with Crippen LogP contribution in [0.1, 0.15) is 5.56 Å². The first-order valence-corrected chi connectivity index (χ1v) is 9.69. The van der Waals surface area contributed by atoms with E-state index < -0.39 is 27.5 Å². The van der Waals surface area contributed by atoms with Crippen molar-refractivity contribution in [1.29, 1.82) is 0 Å². The molecule has 11 heteroatoms. The molecule has 3 rings (SSSR count). The number of rotatable bonds is 7. The summed E-state index contributed by atoms with van der Waals surface area (Å²) in [6, 6.07) is 9.10. The number of phenolic OH excluding ortho intramolecular Hbond substituents is 1. The number of benzene rings is 2. The Kier molecular flexibility index (Phi) is 6.48. The van der Waals surface area contributed by atoms with Crippen LogP contribution in [0.25, 0.3) is 6.08 Å². The van der Waals surface area contributed by atoms with Gasteiger partial charge in [0.05, 0.1) is 29.0 Å². The van der Waals surface area contributed by atoms with Crippen LogP contribution in [0.15, 0.2) is 41.3 Å². The summed E-state index contributed by atoms with van der Waals surface area (Å²) in [7, 11) is 1.18. The summed E-state index contributed by atoms with van der Waals surface area (Å²) in [4.78, 5) is 36.5. The molecule has 2 aromatic carbocycles. The second kappa shape index (κ2) is 9.06. The van der Waals surface area contributed by atoms with Crippen LogP contribution in [0.5, 0.6) is 17.2 Å². The Morgan fingerprint density at radius 1 is 1.23 bits per heavy atom. The number of carbonyl (C=O) groups excluding carboxylic acids is 2. The van der Waals surface area contributed by atoms with Crippen LogP contribution in [0.4, 0.5) is 10.5 Å². The lowest BCUT2D eigenvalue weighted by molar-refractivity contribution is -0.386. The molecule has 1 saturated heterocycles. The van der Waals surface area contributed by atoms with Gasteiger partial charge in [-0.1, -0.05) is 11.6 Å². The molecule has 0 aromatic heterocycles. The van der Waals surface area contributed by atoms with Crippen molar-refractivity contribution in [1.82, 2.24) is 4.90 Å². The van der Waals surface area contributed by atoms with Crippen LogP contribution >= 0.6 is 23.4 Å². The van der Waals surface area contributed by atoms with Crippen molar-refractivity contribution in [3.8, 4) is 17.2 Å². The van der Waals surface area contributed by atoms with Gasteiger partial charge in [0, 0.05) is 5.02 Å². The second-order valence-corrected chi connectivity index (χ2v) is 7.38. The van der Waals surface area contributed by atoms with Crippen LogP contribution in [0.2, 0.25) is 5.02 Å². The van der Waals surface area contributed by atoms with Crippen LogP contribution in [0.3, 0.4) is 0 Å².